The van der Waals surface area contributed by atoms with Crippen molar-refractivity contribution in [3.05, 3.63) is 71.3 Å². The first kappa shape index (κ1) is 25.9. The van der Waals surface area contributed by atoms with Crippen LogP contribution >= 0.6 is 0 Å². The zero-order valence-corrected chi connectivity index (χ0v) is 20.0. The standard InChI is InChI=1S/C26H22F4N2O5/c1-13-8-17(13)21-11-23(36-22-7-5-16(10-24(22)35-3)37-26(28,29)30)19(12-31-21)25(34)32-15-4-6-20(27)18(9-15)14(2)33/h4-7,9-13,17H,8H2,1-3H3,(H,32,34)/t13-,17-/m0/s1. The lowest BCUT2D eigenvalue weighted by Crippen LogP contribution is -2.17. The molecule has 1 heterocycles. The Morgan fingerprint density at radius 2 is 1.76 bits per heavy atom. The molecule has 3 aromatic rings. The van der Waals surface area contributed by atoms with Crippen LogP contribution in [0.3, 0.4) is 0 Å². The number of amides is 1. The van der Waals surface area contributed by atoms with E-state index < -0.39 is 29.6 Å². The molecule has 1 aromatic heterocycles. The van der Waals surface area contributed by atoms with Crippen LogP contribution in [-0.2, 0) is 0 Å². The number of aromatic nitrogens is 1. The number of ether oxygens (including phenoxy) is 3. The van der Waals surface area contributed by atoms with E-state index >= 15 is 0 Å². The molecule has 0 radical (unpaired) electrons. The minimum Gasteiger partial charge on any atom is -0.493 e. The highest BCUT2D eigenvalue weighted by molar-refractivity contribution is 6.06. The lowest BCUT2D eigenvalue weighted by molar-refractivity contribution is -0.274. The molecule has 1 fully saturated rings. The number of nitrogens with zero attached hydrogens (tertiary/aromatic N) is 1. The summed E-state index contributed by atoms with van der Waals surface area (Å²) < 4.78 is 66.7. The van der Waals surface area contributed by atoms with Crippen molar-refractivity contribution in [3.8, 4) is 23.0 Å². The van der Waals surface area contributed by atoms with Gasteiger partial charge in [0.2, 0.25) is 0 Å². The average Bonchev–Trinajstić information content (AvgIpc) is 3.56. The Kier molecular flexibility index (Phi) is 7.06. The summed E-state index contributed by atoms with van der Waals surface area (Å²) in [4.78, 5) is 29.2. The second kappa shape index (κ2) is 10.1. The molecule has 11 heteroatoms. The minimum atomic E-state index is -4.89. The van der Waals surface area contributed by atoms with Gasteiger partial charge in [0.25, 0.3) is 5.91 Å². The third-order valence-corrected chi connectivity index (χ3v) is 5.81. The fourth-order valence-electron chi connectivity index (χ4n) is 3.76. The van der Waals surface area contributed by atoms with Crippen LogP contribution in [0.1, 0.15) is 52.6 Å². The number of Topliss-reactive ketones (excluding diaryl/α,β-unsaturated/α-hetero) is 1. The SMILES string of the molecule is COc1cc(OC(F)(F)F)ccc1Oc1cc([C@H]2C[C@@H]2C)ncc1C(=O)Nc1ccc(F)c(C(C)=O)c1. The summed E-state index contributed by atoms with van der Waals surface area (Å²) in [7, 11) is 1.25. The maximum atomic E-state index is 13.9. The number of rotatable bonds is 8. The molecule has 1 aliphatic carbocycles. The van der Waals surface area contributed by atoms with E-state index in [9.17, 15) is 27.2 Å². The molecule has 0 aliphatic heterocycles. The van der Waals surface area contributed by atoms with Gasteiger partial charge >= 0.3 is 6.36 Å². The summed E-state index contributed by atoms with van der Waals surface area (Å²) in [6, 6.07) is 8.46. The van der Waals surface area contributed by atoms with Crippen molar-refractivity contribution in [1.82, 2.24) is 4.98 Å². The fourth-order valence-corrected chi connectivity index (χ4v) is 3.76. The molecule has 7 nitrogen and oxygen atoms in total. The second-order valence-corrected chi connectivity index (χ2v) is 8.59. The van der Waals surface area contributed by atoms with Gasteiger partial charge in [-0.15, -0.1) is 13.2 Å². The van der Waals surface area contributed by atoms with E-state index in [1.54, 1.807) is 6.07 Å². The third-order valence-electron chi connectivity index (χ3n) is 5.81. The maximum absolute atomic E-state index is 13.9. The molecule has 0 saturated heterocycles. The van der Waals surface area contributed by atoms with Gasteiger partial charge in [0.15, 0.2) is 17.3 Å². The summed E-state index contributed by atoms with van der Waals surface area (Å²) in [6.07, 6.45) is -2.65. The van der Waals surface area contributed by atoms with Crippen LogP contribution in [-0.4, -0.2) is 30.1 Å². The predicted molar refractivity (Wildman–Crippen MR) is 125 cm³/mol. The van der Waals surface area contributed by atoms with Crippen LogP contribution in [0.25, 0.3) is 0 Å². The molecule has 194 valence electrons. The first-order chi connectivity index (χ1) is 17.4. The Labute approximate surface area is 209 Å². The second-order valence-electron chi connectivity index (χ2n) is 8.59. The van der Waals surface area contributed by atoms with Gasteiger partial charge in [-0.25, -0.2) is 4.39 Å². The molecular weight excluding hydrogens is 496 g/mol. The number of ketones is 1. The van der Waals surface area contributed by atoms with Crippen molar-refractivity contribution in [2.24, 2.45) is 5.92 Å². The fraction of sp³-hybridized carbons (Fsp3) is 0.269. The Morgan fingerprint density at radius 1 is 1.03 bits per heavy atom. The van der Waals surface area contributed by atoms with E-state index in [0.29, 0.717) is 11.6 Å². The van der Waals surface area contributed by atoms with E-state index in [4.69, 9.17) is 9.47 Å². The Morgan fingerprint density at radius 3 is 2.38 bits per heavy atom. The molecule has 1 N–H and O–H groups in total. The molecule has 1 aliphatic rings. The van der Waals surface area contributed by atoms with Gasteiger partial charge in [0.05, 0.1) is 12.7 Å². The largest absolute Gasteiger partial charge is 0.573 e. The summed E-state index contributed by atoms with van der Waals surface area (Å²) in [5.41, 5.74) is 0.684. The zero-order valence-electron chi connectivity index (χ0n) is 20.0. The first-order valence-electron chi connectivity index (χ1n) is 11.2. The number of hydrogen-bond donors (Lipinski definition) is 1. The van der Waals surface area contributed by atoms with Crippen molar-refractivity contribution < 1.29 is 41.4 Å². The van der Waals surface area contributed by atoms with E-state index in [-0.39, 0.29) is 40.0 Å². The predicted octanol–water partition coefficient (Wildman–Crippen LogP) is 6.50. The van der Waals surface area contributed by atoms with Crippen LogP contribution in [0.2, 0.25) is 0 Å². The van der Waals surface area contributed by atoms with E-state index in [1.165, 1.54) is 38.4 Å². The van der Waals surface area contributed by atoms with Crippen LogP contribution in [0.5, 0.6) is 23.0 Å². The smallest absolute Gasteiger partial charge is 0.493 e. The monoisotopic (exact) mass is 518 g/mol. The van der Waals surface area contributed by atoms with E-state index in [0.717, 1.165) is 24.6 Å². The number of anilines is 1. The molecule has 37 heavy (non-hydrogen) atoms. The Hall–Kier alpha value is -4.15. The van der Waals surface area contributed by atoms with Crippen LogP contribution in [0, 0.1) is 11.7 Å². The summed E-state index contributed by atoms with van der Waals surface area (Å²) in [5.74, 6) is -1.75. The molecule has 1 amide bonds. The van der Waals surface area contributed by atoms with Crippen molar-refractivity contribution in [1.29, 1.82) is 0 Å². The quantitative estimate of drug-likeness (QED) is 0.271. The number of nitrogens with one attached hydrogen (secondary N) is 1. The molecule has 2 atom stereocenters. The zero-order chi connectivity index (χ0) is 26.9. The Bertz CT molecular complexity index is 1360. The molecular formula is C26H22F4N2O5. The number of alkyl halides is 3. The van der Waals surface area contributed by atoms with Gasteiger partial charge in [-0.05, 0) is 49.6 Å². The minimum absolute atomic E-state index is 0.00317. The van der Waals surface area contributed by atoms with Gasteiger partial charge < -0.3 is 19.5 Å². The highest BCUT2D eigenvalue weighted by atomic mass is 19.4. The number of benzene rings is 2. The van der Waals surface area contributed by atoms with Crippen molar-refractivity contribution >= 4 is 17.4 Å². The van der Waals surface area contributed by atoms with Gasteiger partial charge in [0.1, 0.15) is 22.9 Å². The molecule has 0 bridgehead atoms. The molecule has 2 aromatic carbocycles. The normalized spacial score (nSPS) is 16.6. The number of hydrogen-bond acceptors (Lipinski definition) is 6. The molecule has 4 rings (SSSR count). The lowest BCUT2D eigenvalue weighted by atomic mass is 10.1. The first-order valence-corrected chi connectivity index (χ1v) is 11.2. The molecule has 1 saturated carbocycles. The van der Waals surface area contributed by atoms with E-state index in [2.05, 4.69) is 22.0 Å². The average molecular weight is 518 g/mol. The number of carbonyl (C=O) groups excluding carboxylic acids is 2. The van der Waals surface area contributed by atoms with Crippen molar-refractivity contribution in [2.45, 2.75) is 32.5 Å². The van der Waals surface area contributed by atoms with Gasteiger partial charge in [-0.3, -0.25) is 14.6 Å². The highest BCUT2D eigenvalue weighted by Crippen LogP contribution is 2.47. The Balaban J connectivity index is 1.66. The number of methoxy groups -OCH3 is 1. The van der Waals surface area contributed by atoms with Crippen LogP contribution in [0.4, 0.5) is 23.2 Å². The topological polar surface area (TPSA) is 86.8 Å². The number of carbonyl (C=O) groups is 2. The molecule has 0 unspecified atom stereocenters. The number of pyridine rings is 1. The van der Waals surface area contributed by atoms with Gasteiger partial charge in [-0.1, -0.05) is 6.92 Å². The third kappa shape index (κ3) is 6.16. The lowest BCUT2D eigenvalue weighted by Gasteiger charge is -2.16. The van der Waals surface area contributed by atoms with Crippen LogP contribution < -0.4 is 19.5 Å². The molecule has 0 spiro atoms. The summed E-state index contributed by atoms with van der Waals surface area (Å²) in [5, 5.41) is 2.59. The number of halogens is 4. The highest BCUT2D eigenvalue weighted by Gasteiger charge is 2.36. The van der Waals surface area contributed by atoms with E-state index in [1.807, 2.05) is 0 Å². The van der Waals surface area contributed by atoms with Gasteiger partial charge in [-0.2, -0.15) is 0 Å². The van der Waals surface area contributed by atoms with Crippen molar-refractivity contribution in [3.63, 3.8) is 0 Å². The summed E-state index contributed by atoms with van der Waals surface area (Å²) >= 11 is 0. The summed E-state index contributed by atoms with van der Waals surface area (Å²) in [6.45, 7) is 3.26. The van der Waals surface area contributed by atoms with Gasteiger partial charge in [0, 0.05) is 35.6 Å². The maximum Gasteiger partial charge on any atom is 0.573 e. The van der Waals surface area contributed by atoms with Crippen molar-refractivity contribution in [2.75, 3.05) is 12.4 Å². The van der Waals surface area contributed by atoms with Crippen LogP contribution in [0.15, 0.2) is 48.7 Å².